The van der Waals surface area contributed by atoms with E-state index in [2.05, 4.69) is 10.6 Å². The standard InChI is InChI=1S/C23H16Cl2N2O4S/c1-30-20-12-14(5-7-17(20)27-23(29)21-3-2-10-32-21)26-22(28)19-9-8-18(31-19)13-4-6-15(24)16(25)11-13/h2-12H,1H3,(H,26,28)(H,27,29). The van der Waals surface area contributed by atoms with Gasteiger partial charge in [-0.2, -0.15) is 0 Å². The zero-order valence-corrected chi connectivity index (χ0v) is 19.0. The third kappa shape index (κ3) is 4.80. The molecule has 6 nitrogen and oxygen atoms in total. The molecule has 0 aliphatic heterocycles. The van der Waals surface area contributed by atoms with Gasteiger partial charge in [0, 0.05) is 17.3 Å². The second-order valence-electron chi connectivity index (χ2n) is 6.59. The summed E-state index contributed by atoms with van der Waals surface area (Å²) < 4.78 is 11.0. The second-order valence-corrected chi connectivity index (χ2v) is 8.36. The third-order valence-corrected chi connectivity index (χ3v) is 6.09. The number of ether oxygens (including phenoxy) is 1. The lowest BCUT2D eigenvalue weighted by Gasteiger charge is -2.12. The first-order valence-electron chi connectivity index (χ1n) is 9.34. The maximum absolute atomic E-state index is 12.6. The highest BCUT2D eigenvalue weighted by Crippen LogP contribution is 2.31. The smallest absolute Gasteiger partial charge is 0.291 e. The van der Waals surface area contributed by atoms with Crippen LogP contribution in [0.5, 0.6) is 5.75 Å². The molecule has 2 amide bonds. The van der Waals surface area contributed by atoms with E-state index in [1.165, 1.54) is 18.4 Å². The van der Waals surface area contributed by atoms with Crippen molar-refractivity contribution in [2.75, 3.05) is 17.7 Å². The molecule has 2 aromatic heterocycles. The zero-order valence-electron chi connectivity index (χ0n) is 16.6. The Bertz CT molecular complexity index is 1290. The van der Waals surface area contributed by atoms with Gasteiger partial charge in [0.1, 0.15) is 11.5 Å². The number of carbonyl (C=O) groups is 2. The molecule has 0 aliphatic carbocycles. The van der Waals surface area contributed by atoms with E-state index in [4.69, 9.17) is 32.4 Å². The van der Waals surface area contributed by atoms with E-state index in [1.54, 1.807) is 60.7 Å². The van der Waals surface area contributed by atoms with Crippen molar-refractivity contribution in [2.45, 2.75) is 0 Å². The summed E-state index contributed by atoms with van der Waals surface area (Å²) in [6, 6.07) is 16.8. The molecule has 0 bridgehead atoms. The minimum atomic E-state index is -0.436. The number of nitrogens with one attached hydrogen (secondary N) is 2. The molecule has 0 saturated carbocycles. The topological polar surface area (TPSA) is 80.6 Å². The number of rotatable bonds is 6. The molecule has 2 aromatic carbocycles. The van der Waals surface area contributed by atoms with E-state index in [-0.39, 0.29) is 11.7 Å². The Hall–Kier alpha value is -3.26. The van der Waals surface area contributed by atoms with Gasteiger partial charge in [-0.15, -0.1) is 11.3 Å². The van der Waals surface area contributed by atoms with Crippen molar-refractivity contribution < 1.29 is 18.7 Å². The van der Waals surface area contributed by atoms with Gasteiger partial charge in [0.25, 0.3) is 11.8 Å². The molecule has 32 heavy (non-hydrogen) atoms. The maximum atomic E-state index is 12.6. The fourth-order valence-corrected chi connectivity index (χ4v) is 3.84. The quantitative estimate of drug-likeness (QED) is 0.313. The van der Waals surface area contributed by atoms with Crippen LogP contribution < -0.4 is 15.4 Å². The van der Waals surface area contributed by atoms with Crippen LogP contribution in [0, 0.1) is 0 Å². The first kappa shape index (κ1) is 22.0. The SMILES string of the molecule is COc1cc(NC(=O)c2ccc(-c3ccc(Cl)c(Cl)c3)o2)ccc1NC(=O)c1cccs1. The van der Waals surface area contributed by atoms with Crippen molar-refractivity contribution in [1.29, 1.82) is 0 Å². The summed E-state index contributed by atoms with van der Waals surface area (Å²) in [6.45, 7) is 0. The molecule has 4 aromatic rings. The van der Waals surface area contributed by atoms with E-state index in [0.717, 1.165) is 0 Å². The molecule has 0 radical (unpaired) electrons. The second kappa shape index (κ2) is 9.48. The highest BCUT2D eigenvalue weighted by Gasteiger charge is 2.16. The summed E-state index contributed by atoms with van der Waals surface area (Å²) in [5.41, 5.74) is 1.67. The predicted octanol–water partition coefficient (Wildman–Crippen LogP) is 6.83. The number of hydrogen-bond donors (Lipinski definition) is 2. The Morgan fingerprint density at radius 2 is 1.78 bits per heavy atom. The first-order chi connectivity index (χ1) is 15.4. The number of furan rings is 1. The minimum absolute atomic E-state index is 0.125. The zero-order chi connectivity index (χ0) is 22.7. The number of amides is 2. The highest BCUT2D eigenvalue weighted by atomic mass is 35.5. The summed E-state index contributed by atoms with van der Waals surface area (Å²) in [5.74, 6) is 0.343. The average Bonchev–Trinajstić information content (AvgIpc) is 3.49. The molecule has 2 heterocycles. The summed E-state index contributed by atoms with van der Waals surface area (Å²) in [5, 5.41) is 8.21. The van der Waals surface area contributed by atoms with Gasteiger partial charge >= 0.3 is 0 Å². The Balaban J connectivity index is 1.48. The predicted molar refractivity (Wildman–Crippen MR) is 127 cm³/mol. The van der Waals surface area contributed by atoms with E-state index >= 15 is 0 Å². The average molecular weight is 487 g/mol. The Morgan fingerprint density at radius 3 is 2.50 bits per heavy atom. The summed E-state index contributed by atoms with van der Waals surface area (Å²) in [4.78, 5) is 25.5. The van der Waals surface area contributed by atoms with Crippen molar-refractivity contribution in [3.8, 4) is 17.1 Å². The first-order valence-corrected chi connectivity index (χ1v) is 11.0. The van der Waals surface area contributed by atoms with Crippen LogP contribution in [0.15, 0.2) is 70.5 Å². The highest BCUT2D eigenvalue weighted by molar-refractivity contribution is 7.12. The molecular formula is C23H16Cl2N2O4S. The third-order valence-electron chi connectivity index (χ3n) is 4.49. The number of benzene rings is 2. The van der Waals surface area contributed by atoms with Gasteiger partial charge in [0.15, 0.2) is 5.76 Å². The van der Waals surface area contributed by atoms with Crippen LogP contribution in [-0.2, 0) is 0 Å². The fourth-order valence-electron chi connectivity index (χ4n) is 2.92. The van der Waals surface area contributed by atoms with E-state index < -0.39 is 5.91 Å². The number of halogens is 2. The molecule has 0 unspecified atom stereocenters. The molecule has 2 N–H and O–H groups in total. The summed E-state index contributed by atoms with van der Waals surface area (Å²) in [7, 11) is 1.48. The van der Waals surface area contributed by atoms with Crippen LogP contribution in [0.4, 0.5) is 11.4 Å². The van der Waals surface area contributed by atoms with Crippen LogP contribution >= 0.6 is 34.5 Å². The molecular weight excluding hydrogens is 471 g/mol. The van der Waals surface area contributed by atoms with E-state index in [9.17, 15) is 9.59 Å². The molecule has 0 saturated heterocycles. The van der Waals surface area contributed by atoms with E-state index in [0.29, 0.717) is 43.4 Å². The van der Waals surface area contributed by atoms with Crippen LogP contribution in [0.2, 0.25) is 10.0 Å². The number of carbonyl (C=O) groups excluding carboxylic acids is 2. The molecule has 4 rings (SSSR count). The number of anilines is 2. The van der Waals surface area contributed by atoms with Crippen molar-refractivity contribution in [1.82, 2.24) is 0 Å². The van der Waals surface area contributed by atoms with Crippen LogP contribution in [0.25, 0.3) is 11.3 Å². The van der Waals surface area contributed by atoms with Crippen LogP contribution in [0.3, 0.4) is 0 Å². The largest absolute Gasteiger partial charge is 0.494 e. The number of methoxy groups -OCH3 is 1. The van der Waals surface area contributed by atoms with Gasteiger partial charge in [-0.3, -0.25) is 9.59 Å². The molecule has 0 fully saturated rings. The van der Waals surface area contributed by atoms with Crippen molar-refractivity contribution in [3.63, 3.8) is 0 Å². The van der Waals surface area contributed by atoms with Crippen molar-refractivity contribution in [2.24, 2.45) is 0 Å². The summed E-state index contributed by atoms with van der Waals surface area (Å²) >= 11 is 13.3. The lowest BCUT2D eigenvalue weighted by Crippen LogP contribution is -2.13. The Morgan fingerprint density at radius 1 is 0.938 bits per heavy atom. The summed E-state index contributed by atoms with van der Waals surface area (Å²) in [6.07, 6.45) is 0. The number of hydrogen-bond acceptors (Lipinski definition) is 5. The monoisotopic (exact) mass is 486 g/mol. The van der Waals surface area contributed by atoms with Gasteiger partial charge in [-0.25, -0.2) is 0 Å². The Labute approximate surface area is 197 Å². The minimum Gasteiger partial charge on any atom is -0.494 e. The lowest BCUT2D eigenvalue weighted by molar-refractivity contribution is 0.0995. The van der Waals surface area contributed by atoms with Crippen LogP contribution in [0.1, 0.15) is 20.2 Å². The molecule has 0 aliphatic rings. The van der Waals surface area contributed by atoms with Gasteiger partial charge < -0.3 is 19.8 Å². The maximum Gasteiger partial charge on any atom is 0.291 e. The van der Waals surface area contributed by atoms with Gasteiger partial charge in [0.2, 0.25) is 0 Å². The van der Waals surface area contributed by atoms with E-state index in [1.807, 2.05) is 5.38 Å². The molecule has 0 spiro atoms. The normalized spacial score (nSPS) is 10.6. The van der Waals surface area contributed by atoms with Gasteiger partial charge in [-0.1, -0.05) is 29.3 Å². The molecule has 162 valence electrons. The fraction of sp³-hybridized carbons (Fsp3) is 0.0435. The Kier molecular flexibility index (Phi) is 6.50. The van der Waals surface area contributed by atoms with Crippen molar-refractivity contribution in [3.05, 3.63) is 86.7 Å². The number of thiophene rings is 1. The molecule has 9 heteroatoms. The van der Waals surface area contributed by atoms with Crippen LogP contribution in [-0.4, -0.2) is 18.9 Å². The van der Waals surface area contributed by atoms with Crippen molar-refractivity contribution >= 4 is 57.7 Å². The van der Waals surface area contributed by atoms with Gasteiger partial charge in [0.05, 0.1) is 27.7 Å². The lowest BCUT2D eigenvalue weighted by atomic mass is 10.2. The van der Waals surface area contributed by atoms with Gasteiger partial charge in [-0.05, 0) is 53.9 Å². The molecule has 0 atom stereocenters.